The van der Waals surface area contributed by atoms with Crippen LogP contribution in [0.5, 0.6) is 0 Å². The molecule has 0 spiro atoms. The average molecular weight is 274 g/mol. The minimum Gasteiger partial charge on any atom is -0.371 e. The van der Waals surface area contributed by atoms with E-state index in [4.69, 9.17) is 0 Å². The Labute approximate surface area is 124 Å². The fourth-order valence-electron chi connectivity index (χ4n) is 2.70. The van der Waals surface area contributed by atoms with Crippen LogP contribution in [0.25, 0.3) is 0 Å². The minimum atomic E-state index is 0.170. The SMILES string of the molecule is Cc1cc(CNC(C)(C)C)ccc1N(C)C(C)C1CC1. The second kappa shape index (κ2) is 5.77. The van der Waals surface area contributed by atoms with Gasteiger partial charge in [0.25, 0.3) is 0 Å². The zero-order valence-electron chi connectivity index (χ0n) is 14.0. The first-order valence-corrected chi connectivity index (χ1v) is 7.85. The number of anilines is 1. The van der Waals surface area contributed by atoms with Crippen molar-refractivity contribution in [3.8, 4) is 0 Å². The van der Waals surface area contributed by atoms with Gasteiger partial charge in [-0.05, 0) is 70.6 Å². The lowest BCUT2D eigenvalue weighted by Gasteiger charge is -2.29. The van der Waals surface area contributed by atoms with E-state index >= 15 is 0 Å². The molecule has 0 aromatic heterocycles. The van der Waals surface area contributed by atoms with Gasteiger partial charge in [-0.15, -0.1) is 0 Å². The first-order chi connectivity index (χ1) is 9.28. The van der Waals surface area contributed by atoms with Gasteiger partial charge in [0.15, 0.2) is 0 Å². The summed E-state index contributed by atoms with van der Waals surface area (Å²) in [6.07, 6.45) is 2.80. The Hall–Kier alpha value is -1.02. The Bertz CT molecular complexity index is 455. The Kier molecular flexibility index (Phi) is 4.43. The summed E-state index contributed by atoms with van der Waals surface area (Å²) in [5.74, 6) is 0.904. The molecule has 1 fully saturated rings. The van der Waals surface area contributed by atoms with Gasteiger partial charge in [-0.25, -0.2) is 0 Å². The van der Waals surface area contributed by atoms with E-state index in [0.717, 1.165) is 12.5 Å². The van der Waals surface area contributed by atoms with Crippen LogP contribution < -0.4 is 10.2 Å². The molecule has 0 heterocycles. The van der Waals surface area contributed by atoms with E-state index < -0.39 is 0 Å². The van der Waals surface area contributed by atoms with Gasteiger partial charge in [0.2, 0.25) is 0 Å². The van der Waals surface area contributed by atoms with E-state index in [2.05, 4.69) is 70.1 Å². The molecule has 0 bridgehead atoms. The summed E-state index contributed by atoms with van der Waals surface area (Å²) in [5.41, 5.74) is 4.30. The number of nitrogens with zero attached hydrogens (tertiary/aromatic N) is 1. The van der Waals surface area contributed by atoms with Crippen molar-refractivity contribution < 1.29 is 0 Å². The molecule has 112 valence electrons. The van der Waals surface area contributed by atoms with Crippen LogP contribution in [0, 0.1) is 12.8 Å². The highest BCUT2D eigenvalue weighted by atomic mass is 15.1. The summed E-state index contributed by atoms with van der Waals surface area (Å²) >= 11 is 0. The maximum Gasteiger partial charge on any atom is 0.0396 e. The molecule has 1 atom stereocenters. The molecule has 2 heteroatoms. The quantitative estimate of drug-likeness (QED) is 0.869. The average Bonchev–Trinajstić information content (AvgIpc) is 3.18. The molecule has 1 N–H and O–H groups in total. The molecule has 0 aliphatic heterocycles. The number of benzene rings is 1. The van der Waals surface area contributed by atoms with Gasteiger partial charge in [0.05, 0.1) is 0 Å². The van der Waals surface area contributed by atoms with Gasteiger partial charge >= 0.3 is 0 Å². The molecule has 2 rings (SSSR count). The zero-order chi connectivity index (χ0) is 14.9. The molecule has 0 amide bonds. The largest absolute Gasteiger partial charge is 0.371 e. The minimum absolute atomic E-state index is 0.170. The fourth-order valence-corrected chi connectivity index (χ4v) is 2.70. The molecule has 20 heavy (non-hydrogen) atoms. The molecule has 1 unspecified atom stereocenters. The molecule has 1 aliphatic rings. The van der Waals surface area contributed by atoms with Crippen LogP contribution in [-0.4, -0.2) is 18.6 Å². The van der Waals surface area contributed by atoms with E-state index in [1.54, 1.807) is 0 Å². The maximum atomic E-state index is 3.55. The Morgan fingerprint density at radius 1 is 1.30 bits per heavy atom. The van der Waals surface area contributed by atoms with E-state index in [9.17, 15) is 0 Å². The zero-order valence-corrected chi connectivity index (χ0v) is 14.0. The van der Waals surface area contributed by atoms with Crippen molar-refractivity contribution in [1.29, 1.82) is 0 Å². The van der Waals surface area contributed by atoms with Gasteiger partial charge in [-0.2, -0.15) is 0 Å². The standard InChI is InChI=1S/C18H30N2/c1-13-11-15(12-19-18(3,4)5)7-10-17(13)20(6)14(2)16-8-9-16/h7,10-11,14,16,19H,8-9,12H2,1-6H3. The number of hydrogen-bond donors (Lipinski definition) is 1. The van der Waals surface area contributed by atoms with Crippen molar-refractivity contribution in [2.24, 2.45) is 5.92 Å². The molecule has 2 nitrogen and oxygen atoms in total. The molecule has 0 radical (unpaired) electrons. The van der Waals surface area contributed by atoms with Crippen LogP contribution in [0.15, 0.2) is 18.2 Å². The maximum absolute atomic E-state index is 3.55. The number of aryl methyl sites for hydroxylation is 1. The molecular formula is C18H30N2. The summed E-state index contributed by atoms with van der Waals surface area (Å²) in [6, 6.07) is 7.53. The Morgan fingerprint density at radius 3 is 2.45 bits per heavy atom. The van der Waals surface area contributed by atoms with Gasteiger partial charge in [0.1, 0.15) is 0 Å². The Balaban J connectivity index is 2.05. The molecule has 1 aromatic rings. The van der Waals surface area contributed by atoms with E-state index in [0.29, 0.717) is 6.04 Å². The van der Waals surface area contributed by atoms with Crippen LogP contribution >= 0.6 is 0 Å². The summed E-state index contributed by atoms with van der Waals surface area (Å²) in [6.45, 7) is 12.1. The number of nitrogens with one attached hydrogen (secondary N) is 1. The summed E-state index contributed by atoms with van der Waals surface area (Å²) in [7, 11) is 2.23. The van der Waals surface area contributed by atoms with Gasteiger partial charge in [0, 0.05) is 30.9 Å². The van der Waals surface area contributed by atoms with Crippen molar-refractivity contribution in [2.75, 3.05) is 11.9 Å². The third-order valence-electron chi connectivity index (χ3n) is 4.38. The second-order valence-corrected chi connectivity index (χ2v) is 7.41. The first-order valence-electron chi connectivity index (χ1n) is 7.85. The predicted octanol–water partition coefficient (Wildman–Crippen LogP) is 4.12. The predicted molar refractivity (Wildman–Crippen MR) is 88.4 cm³/mol. The van der Waals surface area contributed by atoms with E-state index in [1.807, 2.05) is 0 Å². The van der Waals surface area contributed by atoms with Crippen molar-refractivity contribution in [3.63, 3.8) is 0 Å². The highest BCUT2D eigenvalue weighted by Crippen LogP contribution is 2.37. The molecule has 1 aromatic carbocycles. The van der Waals surface area contributed by atoms with Gasteiger partial charge in [-0.1, -0.05) is 12.1 Å². The van der Waals surface area contributed by atoms with Crippen molar-refractivity contribution in [1.82, 2.24) is 5.32 Å². The van der Waals surface area contributed by atoms with Crippen LogP contribution in [0.3, 0.4) is 0 Å². The van der Waals surface area contributed by atoms with Crippen LogP contribution in [0.1, 0.15) is 51.7 Å². The van der Waals surface area contributed by atoms with Crippen molar-refractivity contribution in [3.05, 3.63) is 29.3 Å². The molecular weight excluding hydrogens is 244 g/mol. The topological polar surface area (TPSA) is 15.3 Å². The smallest absolute Gasteiger partial charge is 0.0396 e. The summed E-state index contributed by atoms with van der Waals surface area (Å²) < 4.78 is 0. The third-order valence-corrected chi connectivity index (χ3v) is 4.38. The summed E-state index contributed by atoms with van der Waals surface area (Å²) in [4.78, 5) is 2.45. The second-order valence-electron chi connectivity index (χ2n) is 7.41. The van der Waals surface area contributed by atoms with Gasteiger partial charge in [-0.3, -0.25) is 0 Å². The van der Waals surface area contributed by atoms with E-state index in [-0.39, 0.29) is 5.54 Å². The van der Waals surface area contributed by atoms with Crippen molar-refractivity contribution in [2.45, 2.75) is 65.6 Å². The van der Waals surface area contributed by atoms with Crippen LogP contribution in [-0.2, 0) is 6.54 Å². The van der Waals surface area contributed by atoms with Crippen molar-refractivity contribution >= 4 is 5.69 Å². The van der Waals surface area contributed by atoms with Crippen LogP contribution in [0.4, 0.5) is 5.69 Å². The third kappa shape index (κ3) is 3.99. The summed E-state index contributed by atoms with van der Waals surface area (Å²) in [5, 5.41) is 3.55. The highest BCUT2D eigenvalue weighted by Gasteiger charge is 2.30. The molecule has 1 aliphatic carbocycles. The lowest BCUT2D eigenvalue weighted by Crippen LogP contribution is -2.35. The first kappa shape index (κ1) is 15.4. The molecule has 1 saturated carbocycles. The monoisotopic (exact) mass is 274 g/mol. The Morgan fingerprint density at radius 2 is 1.95 bits per heavy atom. The lowest BCUT2D eigenvalue weighted by molar-refractivity contribution is 0.424. The fraction of sp³-hybridized carbons (Fsp3) is 0.667. The highest BCUT2D eigenvalue weighted by molar-refractivity contribution is 5.54. The van der Waals surface area contributed by atoms with Crippen LogP contribution in [0.2, 0.25) is 0 Å². The lowest BCUT2D eigenvalue weighted by atomic mass is 10.0. The van der Waals surface area contributed by atoms with Gasteiger partial charge < -0.3 is 10.2 Å². The number of hydrogen-bond acceptors (Lipinski definition) is 2. The normalized spacial score (nSPS) is 17.1. The number of rotatable bonds is 5. The molecule has 0 saturated heterocycles. The van der Waals surface area contributed by atoms with E-state index in [1.165, 1.54) is 29.7 Å².